The molecule has 32 heavy (non-hydrogen) atoms. The van der Waals surface area contributed by atoms with Crippen LogP contribution in [0.1, 0.15) is 54.0 Å². The average molecular weight is 425 g/mol. The minimum absolute atomic E-state index is 0.0833. The highest BCUT2D eigenvalue weighted by Gasteiger charge is 2.51. The number of fused-ring (bicyclic) bond motifs is 3. The molecule has 1 aromatic heterocycles. The summed E-state index contributed by atoms with van der Waals surface area (Å²) >= 11 is 0. The Morgan fingerprint density at radius 1 is 0.719 bits per heavy atom. The molecular weight excluding hydrogens is 393 g/mol. The Morgan fingerprint density at radius 2 is 1.38 bits per heavy atom. The lowest BCUT2D eigenvalue weighted by Crippen LogP contribution is -2.41. The van der Waals surface area contributed by atoms with Gasteiger partial charge in [-0.25, -0.2) is 0 Å². The molecule has 0 bridgehead atoms. The lowest BCUT2D eigenvalue weighted by molar-refractivity contribution is 0.00578. The van der Waals surface area contributed by atoms with Crippen LogP contribution in [0.3, 0.4) is 0 Å². The number of hydrogen-bond donors (Lipinski definition) is 0. The maximum absolute atomic E-state index is 6.33. The third kappa shape index (κ3) is 3.28. The number of rotatable bonds is 2. The van der Waals surface area contributed by atoms with Gasteiger partial charge < -0.3 is 13.9 Å². The summed E-state index contributed by atoms with van der Waals surface area (Å²) in [6, 6.07) is 24.1. The molecule has 1 aliphatic rings. The third-order valence-electron chi connectivity index (χ3n) is 7.19. The monoisotopic (exact) mass is 425 g/mol. The van der Waals surface area contributed by atoms with Gasteiger partial charge in [-0.15, -0.1) is 0 Å². The second-order valence-corrected chi connectivity index (χ2v) is 11.0. The Hall–Kier alpha value is -2.56. The van der Waals surface area contributed by atoms with E-state index < -0.39 is 0 Å². The zero-order valence-electron chi connectivity index (χ0n) is 20.2. The predicted octanol–water partition coefficient (Wildman–Crippen LogP) is 6.38. The van der Waals surface area contributed by atoms with Crippen LogP contribution in [0.15, 0.2) is 66.7 Å². The Kier molecular flexibility index (Phi) is 4.64. The fourth-order valence-corrected chi connectivity index (χ4v) is 4.50. The second-order valence-electron chi connectivity index (χ2n) is 11.0. The SMILES string of the molecule is CC(C)(C)c1ccc2c3ccccc3n(-c3cccc(B4OC(C)(C)C(C)(C)O4)c3)c2c1. The molecule has 0 saturated carbocycles. The van der Waals surface area contributed by atoms with Gasteiger partial charge in [0.1, 0.15) is 0 Å². The fraction of sp³-hybridized carbons (Fsp3) is 0.357. The van der Waals surface area contributed by atoms with Gasteiger partial charge in [0, 0.05) is 16.5 Å². The molecule has 4 aromatic rings. The van der Waals surface area contributed by atoms with E-state index in [1.165, 1.54) is 27.4 Å². The number of benzene rings is 3. The van der Waals surface area contributed by atoms with Crippen LogP contribution in [0.4, 0.5) is 0 Å². The number of aromatic nitrogens is 1. The topological polar surface area (TPSA) is 23.4 Å². The third-order valence-corrected chi connectivity index (χ3v) is 7.19. The first-order valence-electron chi connectivity index (χ1n) is 11.5. The first-order valence-corrected chi connectivity index (χ1v) is 11.5. The Bertz CT molecular complexity index is 1310. The molecule has 3 aromatic carbocycles. The first kappa shape index (κ1) is 21.3. The van der Waals surface area contributed by atoms with Crippen molar-refractivity contribution in [3.8, 4) is 5.69 Å². The molecular formula is C28H32BNO2. The molecule has 1 aliphatic heterocycles. The Morgan fingerprint density at radius 3 is 2.06 bits per heavy atom. The molecule has 4 heteroatoms. The van der Waals surface area contributed by atoms with E-state index in [1.807, 2.05) is 0 Å². The average Bonchev–Trinajstić information content (AvgIpc) is 3.17. The van der Waals surface area contributed by atoms with Gasteiger partial charge in [-0.05, 0) is 68.4 Å². The van der Waals surface area contributed by atoms with Crippen molar-refractivity contribution in [3.63, 3.8) is 0 Å². The predicted molar refractivity (Wildman–Crippen MR) is 135 cm³/mol. The lowest BCUT2D eigenvalue weighted by atomic mass is 9.79. The van der Waals surface area contributed by atoms with Crippen LogP contribution < -0.4 is 5.46 Å². The maximum atomic E-state index is 6.33. The largest absolute Gasteiger partial charge is 0.494 e. The first-order chi connectivity index (χ1) is 15.0. The van der Waals surface area contributed by atoms with Crippen LogP contribution in [0.2, 0.25) is 0 Å². The quantitative estimate of drug-likeness (QED) is 0.348. The molecule has 2 heterocycles. The summed E-state index contributed by atoms with van der Waals surface area (Å²) in [5, 5.41) is 2.54. The van der Waals surface area contributed by atoms with Gasteiger partial charge in [-0.2, -0.15) is 0 Å². The number of para-hydroxylation sites is 1. The van der Waals surface area contributed by atoms with Crippen LogP contribution in [0, 0.1) is 0 Å². The zero-order chi connectivity index (χ0) is 22.9. The summed E-state index contributed by atoms with van der Waals surface area (Å²) in [5.74, 6) is 0. The van der Waals surface area contributed by atoms with Gasteiger partial charge in [0.05, 0.1) is 22.2 Å². The summed E-state index contributed by atoms with van der Waals surface area (Å²) in [7, 11) is -0.377. The van der Waals surface area contributed by atoms with Crippen LogP contribution in [0.5, 0.6) is 0 Å². The molecule has 0 radical (unpaired) electrons. The van der Waals surface area contributed by atoms with E-state index in [1.54, 1.807) is 0 Å². The maximum Gasteiger partial charge on any atom is 0.494 e. The fourth-order valence-electron chi connectivity index (χ4n) is 4.50. The molecule has 3 nitrogen and oxygen atoms in total. The van der Waals surface area contributed by atoms with Gasteiger partial charge in [-0.3, -0.25) is 0 Å². The van der Waals surface area contributed by atoms with Gasteiger partial charge in [0.2, 0.25) is 0 Å². The van der Waals surface area contributed by atoms with E-state index in [9.17, 15) is 0 Å². The standard InChI is InChI=1S/C28H32BNO2/c1-26(2,3)19-15-16-23-22-13-8-9-14-24(22)30(25(23)17-19)21-12-10-11-20(18-21)29-31-27(4,5)28(6,7)32-29/h8-18H,1-7H3. The molecule has 1 saturated heterocycles. The van der Waals surface area contributed by atoms with Gasteiger partial charge in [0.25, 0.3) is 0 Å². The van der Waals surface area contributed by atoms with Crippen LogP contribution in [0.25, 0.3) is 27.5 Å². The van der Waals surface area contributed by atoms with Crippen LogP contribution in [-0.4, -0.2) is 22.9 Å². The van der Waals surface area contributed by atoms with E-state index in [2.05, 4.69) is 120 Å². The van der Waals surface area contributed by atoms with E-state index in [0.717, 1.165) is 11.2 Å². The molecule has 0 spiro atoms. The minimum atomic E-state index is -0.377. The molecule has 1 fully saturated rings. The summed E-state index contributed by atoms with van der Waals surface area (Å²) in [6.45, 7) is 15.2. The van der Waals surface area contributed by atoms with E-state index in [0.29, 0.717) is 0 Å². The lowest BCUT2D eigenvalue weighted by Gasteiger charge is -2.32. The summed E-state index contributed by atoms with van der Waals surface area (Å²) in [6.07, 6.45) is 0. The van der Waals surface area contributed by atoms with Gasteiger partial charge >= 0.3 is 7.12 Å². The number of nitrogens with zero attached hydrogens (tertiary/aromatic N) is 1. The summed E-state index contributed by atoms with van der Waals surface area (Å²) in [5.41, 5.74) is 5.29. The molecule has 0 unspecified atom stereocenters. The van der Waals surface area contributed by atoms with Crippen molar-refractivity contribution < 1.29 is 9.31 Å². The smallest absolute Gasteiger partial charge is 0.399 e. The van der Waals surface area contributed by atoms with Crippen LogP contribution in [-0.2, 0) is 14.7 Å². The van der Waals surface area contributed by atoms with Crippen molar-refractivity contribution in [1.82, 2.24) is 4.57 Å². The van der Waals surface area contributed by atoms with Gasteiger partial charge in [-0.1, -0.05) is 63.2 Å². The van der Waals surface area contributed by atoms with Crippen molar-refractivity contribution in [3.05, 3.63) is 72.3 Å². The summed E-state index contributed by atoms with van der Waals surface area (Å²) in [4.78, 5) is 0. The molecule has 0 atom stereocenters. The van der Waals surface area contributed by atoms with Crippen LogP contribution >= 0.6 is 0 Å². The number of hydrogen-bond acceptors (Lipinski definition) is 2. The van der Waals surface area contributed by atoms with E-state index in [-0.39, 0.29) is 23.7 Å². The molecule has 0 amide bonds. The van der Waals surface area contributed by atoms with Gasteiger partial charge in [0.15, 0.2) is 0 Å². The van der Waals surface area contributed by atoms with E-state index in [4.69, 9.17) is 9.31 Å². The normalized spacial score (nSPS) is 18.0. The minimum Gasteiger partial charge on any atom is -0.399 e. The summed E-state index contributed by atoms with van der Waals surface area (Å²) < 4.78 is 15.0. The second kappa shape index (κ2) is 6.97. The highest BCUT2D eigenvalue weighted by molar-refractivity contribution is 6.62. The van der Waals surface area contributed by atoms with Crippen molar-refractivity contribution >= 4 is 34.4 Å². The molecule has 0 aliphatic carbocycles. The van der Waals surface area contributed by atoms with Crippen molar-refractivity contribution in [1.29, 1.82) is 0 Å². The zero-order valence-corrected chi connectivity index (χ0v) is 20.2. The molecule has 164 valence electrons. The highest BCUT2D eigenvalue weighted by atomic mass is 16.7. The van der Waals surface area contributed by atoms with Crippen molar-refractivity contribution in [2.45, 2.75) is 65.1 Å². The van der Waals surface area contributed by atoms with Crippen molar-refractivity contribution in [2.24, 2.45) is 0 Å². The molecule has 0 N–H and O–H groups in total. The Balaban J connectivity index is 1.70. The molecule has 5 rings (SSSR count). The van der Waals surface area contributed by atoms with Crippen molar-refractivity contribution in [2.75, 3.05) is 0 Å². The highest BCUT2D eigenvalue weighted by Crippen LogP contribution is 2.37. The Labute approximate surface area is 191 Å². The van der Waals surface area contributed by atoms with E-state index >= 15 is 0 Å².